The normalized spacial score (nSPS) is 17.5. The molecule has 0 radical (unpaired) electrons. The van der Waals surface area contributed by atoms with Crippen LogP contribution in [0.1, 0.15) is 88.0 Å². The molecule has 5 atom stereocenters. The van der Waals surface area contributed by atoms with E-state index >= 15 is 0 Å². The zero-order chi connectivity index (χ0) is 25.1. The summed E-state index contributed by atoms with van der Waals surface area (Å²) in [4.78, 5) is 24.2. The second kappa shape index (κ2) is 16.2. The van der Waals surface area contributed by atoms with Gasteiger partial charge in [-0.25, -0.2) is 0 Å². The molecule has 6 nitrogen and oxygen atoms in total. The molecule has 0 aliphatic heterocycles. The van der Waals surface area contributed by atoms with E-state index in [9.17, 15) is 14.7 Å². The Balaban J connectivity index is 0. The Morgan fingerprint density at radius 1 is 1.09 bits per heavy atom. The molecule has 0 bridgehead atoms. The topological polar surface area (TPSA) is 93.1 Å². The van der Waals surface area contributed by atoms with Gasteiger partial charge in [0.2, 0.25) is 0 Å². The van der Waals surface area contributed by atoms with Crippen LogP contribution in [0.15, 0.2) is 23.3 Å². The van der Waals surface area contributed by atoms with E-state index in [2.05, 4.69) is 26.0 Å². The average molecular weight is 471 g/mol. The number of carboxylic acids is 1. The van der Waals surface area contributed by atoms with Gasteiger partial charge >= 0.3 is 5.97 Å². The maximum absolute atomic E-state index is 13.1. The summed E-state index contributed by atoms with van der Waals surface area (Å²) in [5, 5.41) is 19.9. The van der Waals surface area contributed by atoms with Crippen LogP contribution >= 0.6 is 0 Å². The summed E-state index contributed by atoms with van der Waals surface area (Å²) in [7, 11) is 3.14. The van der Waals surface area contributed by atoms with Crippen LogP contribution in [-0.2, 0) is 19.1 Å². The fourth-order valence-electron chi connectivity index (χ4n) is 4.12. The van der Waals surface area contributed by atoms with Crippen LogP contribution < -0.4 is 0 Å². The number of carbonyl (C=O) groups excluding carboxylic acids is 1. The van der Waals surface area contributed by atoms with E-state index in [1.807, 2.05) is 13.8 Å². The van der Waals surface area contributed by atoms with Crippen LogP contribution in [0.25, 0.3) is 0 Å². The Morgan fingerprint density at radius 3 is 2.12 bits per heavy atom. The first kappa shape index (κ1) is 33.7. The lowest BCUT2D eigenvalue weighted by atomic mass is 9.73. The molecule has 2 N–H and O–H groups in total. The minimum Gasteiger partial charge on any atom is -0.481 e. The van der Waals surface area contributed by atoms with E-state index in [-0.39, 0.29) is 31.7 Å². The molecule has 194 valence electrons. The maximum Gasteiger partial charge on any atom is 0.306 e. The zero-order valence-corrected chi connectivity index (χ0v) is 21.6. The van der Waals surface area contributed by atoms with Crippen molar-refractivity contribution in [2.24, 2.45) is 17.3 Å². The van der Waals surface area contributed by atoms with Gasteiger partial charge in [-0.15, -0.1) is 0 Å². The summed E-state index contributed by atoms with van der Waals surface area (Å²) in [5.74, 6) is -1.84. The molecule has 0 aromatic heterocycles. The number of carbonyl (C=O) groups is 2. The monoisotopic (exact) mass is 470 g/mol. The van der Waals surface area contributed by atoms with Crippen molar-refractivity contribution in [1.29, 1.82) is 0 Å². The molecule has 6 heteroatoms. The van der Waals surface area contributed by atoms with Crippen LogP contribution in [0.3, 0.4) is 0 Å². The van der Waals surface area contributed by atoms with Gasteiger partial charge in [0.1, 0.15) is 5.78 Å². The van der Waals surface area contributed by atoms with Crippen LogP contribution in [0.5, 0.6) is 0 Å². The van der Waals surface area contributed by atoms with Gasteiger partial charge in [-0.1, -0.05) is 52.8 Å². The van der Waals surface area contributed by atoms with Gasteiger partial charge in [0, 0.05) is 20.1 Å². The Bertz CT molecular complexity index is 649. The number of ether oxygens (including phenoxy) is 2. The van der Waals surface area contributed by atoms with Gasteiger partial charge in [-0.2, -0.15) is 0 Å². The van der Waals surface area contributed by atoms with Crippen molar-refractivity contribution >= 4 is 11.8 Å². The number of methoxy groups -OCH3 is 2. The first-order chi connectivity index (χ1) is 14.8. The highest BCUT2D eigenvalue weighted by Gasteiger charge is 2.42. The molecule has 5 unspecified atom stereocenters. The number of aliphatic carboxylic acids is 1. The van der Waals surface area contributed by atoms with E-state index in [1.54, 1.807) is 27.9 Å². The molecule has 0 aliphatic rings. The van der Waals surface area contributed by atoms with Crippen molar-refractivity contribution in [2.45, 2.75) is 106 Å². The van der Waals surface area contributed by atoms with Gasteiger partial charge in [0.15, 0.2) is 0 Å². The van der Waals surface area contributed by atoms with Crippen molar-refractivity contribution in [2.75, 3.05) is 14.2 Å². The van der Waals surface area contributed by atoms with Gasteiger partial charge in [-0.3, -0.25) is 9.59 Å². The first-order valence-corrected chi connectivity index (χ1v) is 11.6. The van der Waals surface area contributed by atoms with Crippen LogP contribution in [0.4, 0.5) is 0 Å². The Kier molecular flexibility index (Phi) is 16.5. The van der Waals surface area contributed by atoms with Crippen molar-refractivity contribution in [3.63, 3.8) is 0 Å². The predicted octanol–water partition coefficient (Wildman–Crippen LogP) is 5.83. The van der Waals surface area contributed by atoms with Crippen LogP contribution in [0, 0.1) is 17.3 Å². The van der Waals surface area contributed by atoms with E-state index < -0.39 is 29.5 Å². The number of carboxylic acid groups (broad SMARTS) is 1. The third kappa shape index (κ3) is 11.0. The standard InChI is InChI=1S/C26H46O6.CH4/c1-10-18(3)21(31-8)15-14-17(2)12-11-13-19(4)24(29)20(5)25(30)26(6,7)22(32-9)16-23(27)28;/h10,14,19-22,24,29H,11-13,15-16H2,1-9H3,(H,27,28);1H4/b17-14?,18-10+;. The minimum absolute atomic E-state index is 0. The molecule has 33 heavy (non-hydrogen) atoms. The smallest absolute Gasteiger partial charge is 0.306 e. The predicted molar refractivity (Wildman–Crippen MR) is 135 cm³/mol. The number of Topliss-reactive ketones (excluding diaryl/α,β-unsaturated/α-hetero) is 1. The van der Waals surface area contributed by atoms with Gasteiger partial charge < -0.3 is 19.7 Å². The molecule has 0 saturated carbocycles. The van der Waals surface area contributed by atoms with Gasteiger partial charge in [0.05, 0.1) is 30.1 Å². The van der Waals surface area contributed by atoms with Crippen molar-refractivity contribution < 1.29 is 29.3 Å². The van der Waals surface area contributed by atoms with E-state index in [0.717, 1.165) is 25.7 Å². The highest BCUT2D eigenvalue weighted by Crippen LogP contribution is 2.33. The molecule has 0 aromatic carbocycles. The molecule has 0 heterocycles. The number of rotatable bonds is 16. The van der Waals surface area contributed by atoms with Gasteiger partial charge in [0.25, 0.3) is 0 Å². The molecule has 0 rings (SSSR count). The third-order valence-corrected chi connectivity index (χ3v) is 6.75. The molecule has 0 saturated heterocycles. The number of hydrogen-bond donors (Lipinski definition) is 2. The van der Waals surface area contributed by atoms with Crippen molar-refractivity contribution in [3.8, 4) is 0 Å². The average Bonchev–Trinajstić information content (AvgIpc) is 2.75. The first-order valence-electron chi connectivity index (χ1n) is 11.6. The lowest BCUT2D eigenvalue weighted by molar-refractivity contribution is -0.149. The van der Waals surface area contributed by atoms with Crippen molar-refractivity contribution in [1.82, 2.24) is 0 Å². The number of allylic oxidation sites excluding steroid dienone is 2. The largest absolute Gasteiger partial charge is 0.481 e. The summed E-state index contributed by atoms with van der Waals surface area (Å²) >= 11 is 0. The third-order valence-electron chi connectivity index (χ3n) is 6.75. The second-order valence-corrected chi connectivity index (χ2v) is 9.60. The van der Waals surface area contributed by atoms with Crippen LogP contribution in [0.2, 0.25) is 0 Å². The fourth-order valence-corrected chi connectivity index (χ4v) is 4.12. The molecule has 0 aromatic rings. The zero-order valence-electron chi connectivity index (χ0n) is 21.6. The van der Waals surface area contributed by atoms with Crippen molar-refractivity contribution in [3.05, 3.63) is 23.3 Å². The SMILES string of the molecule is C.C/C=C(\C)C(CC=C(C)CCCC(C)C(O)C(C)C(=O)C(C)(C)C(CC(=O)O)OC)OC. The number of hydrogen-bond acceptors (Lipinski definition) is 5. The quantitative estimate of drug-likeness (QED) is 0.276. The molecular formula is C27H50O6. The van der Waals surface area contributed by atoms with E-state index in [4.69, 9.17) is 14.6 Å². The lowest BCUT2D eigenvalue weighted by Gasteiger charge is -2.35. The Hall–Kier alpha value is -1.50. The summed E-state index contributed by atoms with van der Waals surface area (Å²) in [6.45, 7) is 13.3. The molecule has 0 fully saturated rings. The molecule has 0 aliphatic carbocycles. The Labute approximate surface area is 202 Å². The highest BCUT2D eigenvalue weighted by atomic mass is 16.5. The second-order valence-electron chi connectivity index (χ2n) is 9.60. The Morgan fingerprint density at radius 2 is 1.67 bits per heavy atom. The number of aliphatic hydroxyl groups excluding tert-OH is 1. The summed E-state index contributed by atoms with van der Waals surface area (Å²) in [5.41, 5.74) is 1.50. The summed E-state index contributed by atoms with van der Waals surface area (Å²) < 4.78 is 10.8. The van der Waals surface area contributed by atoms with E-state index in [0.29, 0.717) is 0 Å². The summed E-state index contributed by atoms with van der Waals surface area (Å²) in [6.07, 6.45) is 6.09. The molecule has 0 spiro atoms. The van der Waals surface area contributed by atoms with E-state index in [1.165, 1.54) is 18.3 Å². The fraction of sp³-hybridized carbons (Fsp3) is 0.778. The number of aliphatic hydroxyl groups is 1. The maximum atomic E-state index is 13.1. The molecule has 0 amide bonds. The molecular weight excluding hydrogens is 420 g/mol. The number of ketones is 1. The summed E-state index contributed by atoms with van der Waals surface area (Å²) in [6, 6.07) is 0. The van der Waals surface area contributed by atoms with Crippen LogP contribution in [-0.4, -0.2) is 54.5 Å². The lowest BCUT2D eigenvalue weighted by Crippen LogP contribution is -2.46. The minimum atomic E-state index is -1.01. The highest BCUT2D eigenvalue weighted by molar-refractivity contribution is 5.87. The van der Waals surface area contributed by atoms with Gasteiger partial charge in [-0.05, 0) is 57.9 Å².